The minimum Gasteiger partial charge on any atom is -0.496 e. The van der Waals surface area contributed by atoms with Gasteiger partial charge in [0.25, 0.3) is 0 Å². The van der Waals surface area contributed by atoms with E-state index in [0.29, 0.717) is 44.2 Å². The molecule has 4 aromatic carbocycles. The van der Waals surface area contributed by atoms with Gasteiger partial charge >= 0.3 is 5.97 Å². The number of carbonyl (C=O) groups is 2. The van der Waals surface area contributed by atoms with E-state index in [1.807, 2.05) is 66.7 Å². The van der Waals surface area contributed by atoms with Crippen molar-refractivity contribution >= 4 is 28.3 Å². The highest BCUT2D eigenvalue weighted by molar-refractivity contribution is 5.99. The lowest BCUT2D eigenvalue weighted by molar-refractivity contribution is -0.119. The van der Waals surface area contributed by atoms with Gasteiger partial charge < -0.3 is 33.9 Å². The molecule has 0 aliphatic carbocycles. The Morgan fingerprint density at radius 3 is 2.53 bits per heavy atom. The Bertz CT molecular complexity index is 1560. The van der Waals surface area contributed by atoms with Gasteiger partial charge in [0, 0.05) is 24.2 Å². The van der Waals surface area contributed by atoms with Crippen molar-refractivity contribution in [2.75, 3.05) is 52.0 Å². The minimum absolute atomic E-state index is 0.116. The number of anilines is 1. The van der Waals surface area contributed by atoms with Crippen molar-refractivity contribution < 1.29 is 33.3 Å². The maximum Gasteiger partial charge on any atom is 0.341 e. The fourth-order valence-corrected chi connectivity index (χ4v) is 5.07. The summed E-state index contributed by atoms with van der Waals surface area (Å²) in [7, 11) is 2.95. The highest BCUT2D eigenvalue weighted by Gasteiger charge is 2.31. The normalized spacial score (nSPS) is 14.9. The third kappa shape index (κ3) is 7.43. The lowest BCUT2D eigenvalue weighted by atomic mass is 10.1. The smallest absolute Gasteiger partial charge is 0.341 e. The number of piperazine rings is 1. The predicted octanol–water partition coefficient (Wildman–Crippen LogP) is 5.00. The van der Waals surface area contributed by atoms with E-state index in [2.05, 4.69) is 5.32 Å². The molecule has 1 heterocycles. The summed E-state index contributed by atoms with van der Waals surface area (Å²) in [4.78, 5) is 27.5. The lowest BCUT2D eigenvalue weighted by Gasteiger charge is -2.36. The van der Waals surface area contributed by atoms with E-state index in [1.165, 1.54) is 7.11 Å². The maximum atomic E-state index is 13.1. The molecule has 4 aromatic rings. The molecule has 0 saturated carbocycles. The summed E-state index contributed by atoms with van der Waals surface area (Å²) in [5, 5.41) is 5.37. The molecule has 1 atom stereocenters. The van der Waals surface area contributed by atoms with E-state index in [1.54, 1.807) is 30.2 Å². The quantitative estimate of drug-likeness (QED) is 0.173. The molecular formula is C34H36N2O7. The largest absolute Gasteiger partial charge is 0.496 e. The number of esters is 1. The number of benzene rings is 4. The van der Waals surface area contributed by atoms with Gasteiger partial charge in [0.05, 0.1) is 46.6 Å². The van der Waals surface area contributed by atoms with Crippen LogP contribution in [0.4, 0.5) is 5.69 Å². The molecule has 1 aliphatic rings. The maximum absolute atomic E-state index is 13.1. The van der Waals surface area contributed by atoms with Gasteiger partial charge in [0.1, 0.15) is 29.4 Å². The molecule has 224 valence electrons. The van der Waals surface area contributed by atoms with Crippen LogP contribution in [0.15, 0.2) is 84.9 Å². The standard InChI is InChI=1S/C34H36N2O7/c1-39-31-11-6-5-10-26(31)22-41-16-7-17-42-32-15-13-27(19-30(32)34(38)40-2)36-28(20-35-21-33(36)37)23-43-29-14-12-24-8-3-4-9-25(24)18-29/h3-6,8-15,18-19,28,35H,7,16-17,20-23H2,1-2H3/t28-/m1/s1. The molecule has 0 spiro atoms. The molecular weight excluding hydrogens is 548 g/mol. The van der Waals surface area contributed by atoms with Crippen LogP contribution in [0.3, 0.4) is 0 Å². The Hall–Kier alpha value is -4.60. The van der Waals surface area contributed by atoms with Crippen LogP contribution in [0.2, 0.25) is 0 Å². The van der Waals surface area contributed by atoms with Crippen molar-refractivity contribution in [1.29, 1.82) is 0 Å². The summed E-state index contributed by atoms with van der Waals surface area (Å²) in [5.41, 5.74) is 1.79. The van der Waals surface area contributed by atoms with Gasteiger partial charge in [0.15, 0.2) is 0 Å². The lowest BCUT2D eigenvalue weighted by Crippen LogP contribution is -2.57. The SMILES string of the molecule is COC(=O)c1cc(N2C(=O)CNC[C@@H]2COc2ccc3ccccc3c2)ccc1OCCCOCc1ccccc1OC. The van der Waals surface area contributed by atoms with Crippen molar-refractivity contribution in [2.45, 2.75) is 19.1 Å². The Kier molecular flexibility index (Phi) is 10.1. The molecule has 9 nitrogen and oxygen atoms in total. The van der Waals surface area contributed by atoms with Gasteiger partial charge in [0.2, 0.25) is 5.91 Å². The summed E-state index contributed by atoms with van der Waals surface area (Å²) < 4.78 is 28.3. The topological polar surface area (TPSA) is 95.6 Å². The fraction of sp³-hybridized carbons (Fsp3) is 0.294. The van der Waals surface area contributed by atoms with Gasteiger partial charge in [-0.2, -0.15) is 0 Å². The number of fused-ring (bicyclic) bond motifs is 1. The number of methoxy groups -OCH3 is 2. The molecule has 0 unspecified atom stereocenters. The molecule has 43 heavy (non-hydrogen) atoms. The van der Waals surface area contributed by atoms with Gasteiger partial charge in [-0.15, -0.1) is 0 Å². The number of ether oxygens (including phenoxy) is 5. The number of rotatable bonds is 13. The third-order valence-electron chi connectivity index (χ3n) is 7.24. The van der Waals surface area contributed by atoms with Crippen molar-refractivity contribution in [3.8, 4) is 17.2 Å². The Balaban J connectivity index is 1.22. The van der Waals surface area contributed by atoms with Crippen molar-refractivity contribution in [3.63, 3.8) is 0 Å². The molecule has 9 heteroatoms. The summed E-state index contributed by atoms with van der Waals surface area (Å²) in [6.07, 6.45) is 0.613. The number of hydrogen-bond acceptors (Lipinski definition) is 8. The zero-order valence-electron chi connectivity index (χ0n) is 24.4. The number of nitrogens with one attached hydrogen (secondary N) is 1. The number of amides is 1. The molecule has 1 fully saturated rings. The highest BCUT2D eigenvalue weighted by atomic mass is 16.5. The van der Waals surface area contributed by atoms with Crippen LogP contribution in [-0.2, 0) is 20.9 Å². The van der Waals surface area contributed by atoms with Crippen LogP contribution < -0.4 is 24.4 Å². The first-order valence-electron chi connectivity index (χ1n) is 14.3. The second-order valence-electron chi connectivity index (χ2n) is 10.1. The van der Waals surface area contributed by atoms with Crippen molar-refractivity contribution in [1.82, 2.24) is 5.32 Å². The van der Waals surface area contributed by atoms with E-state index in [0.717, 1.165) is 27.8 Å². The first kappa shape index (κ1) is 29.9. The van der Waals surface area contributed by atoms with Crippen molar-refractivity contribution in [3.05, 3.63) is 96.1 Å². The summed E-state index contributed by atoms with van der Waals surface area (Å²) in [5.74, 6) is 1.23. The summed E-state index contributed by atoms with van der Waals surface area (Å²) in [6.45, 7) is 2.24. The number of carbonyl (C=O) groups excluding carboxylic acids is 2. The molecule has 0 radical (unpaired) electrons. The highest BCUT2D eigenvalue weighted by Crippen LogP contribution is 2.29. The average Bonchev–Trinajstić information content (AvgIpc) is 3.05. The van der Waals surface area contributed by atoms with Crippen LogP contribution in [0.5, 0.6) is 17.2 Å². The van der Waals surface area contributed by atoms with Crippen molar-refractivity contribution in [2.24, 2.45) is 0 Å². The van der Waals surface area contributed by atoms with Gasteiger partial charge in [-0.3, -0.25) is 4.79 Å². The number of nitrogens with zero attached hydrogens (tertiary/aromatic N) is 1. The van der Waals surface area contributed by atoms with Gasteiger partial charge in [-0.1, -0.05) is 48.5 Å². The third-order valence-corrected chi connectivity index (χ3v) is 7.24. The second-order valence-corrected chi connectivity index (χ2v) is 10.1. The van der Waals surface area contributed by atoms with E-state index in [9.17, 15) is 9.59 Å². The monoisotopic (exact) mass is 584 g/mol. The summed E-state index contributed by atoms with van der Waals surface area (Å²) in [6, 6.07) is 26.6. The Morgan fingerprint density at radius 1 is 0.884 bits per heavy atom. The molecule has 1 aliphatic heterocycles. The minimum atomic E-state index is -0.546. The fourth-order valence-electron chi connectivity index (χ4n) is 5.07. The van der Waals surface area contributed by atoms with Crippen LogP contribution in [-0.4, -0.2) is 65.0 Å². The van der Waals surface area contributed by atoms with Crippen LogP contribution in [0, 0.1) is 0 Å². The Morgan fingerprint density at radius 2 is 1.70 bits per heavy atom. The van der Waals surface area contributed by atoms with E-state index in [4.69, 9.17) is 23.7 Å². The van der Waals surface area contributed by atoms with Crippen LogP contribution in [0.25, 0.3) is 10.8 Å². The zero-order chi connectivity index (χ0) is 30.0. The van der Waals surface area contributed by atoms with Gasteiger partial charge in [-0.05, 0) is 47.2 Å². The molecule has 5 rings (SSSR count). The van der Waals surface area contributed by atoms with Crippen LogP contribution >= 0.6 is 0 Å². The number of para-hydroxylation sites is 1. The molecule has 1 amide bonds. The molecule has 0 bridgehead atoms. The first-order chi connectivity index (χ1) is 21.1. The van der Waals surface area contributed by atoms with E-state index < -0.39 is 5.97 Å². The molecule has 0 aromatic heterocycles. The van der Waals surface area contributed by atoms with E-state index in [-0.39, 0.29) is 30.7 Å². The molecule has 1 saturated heterocycles. The van der Waals surface area contributed by atoms with Gasteiger partial charge in [-0.25, -0.2) is 4.79 Å². The predicted molar refractivity (Wildman–Crippen MR) is 164 cm³/mol. The number of hydrogen-bond donors (Lipinski definition) is 1. The first-order valence-corrected chi connectivity index (χ1v) is 14.3. The Labute approximate surface area is 251 Å². The average molecular weight is 585 g/mol. The van der Waals surface area contributed by atoms with Crippen LogP contribution in [0.1, 0.15) is 22.3 Å². The molecule has 1 N–H and O–H groups in total. The summed E-state index contributed by atoms with van der Waals surface area (Å²) >= 11 is 0. The second kappa shape index (κ2) is 14.5. The zero-order valence-corrected chi connectivity index (χ0v) is 24.4. The van der Waals surface area contributed by atoms with E-state index >= 15 is 0 Å².